The maximum Gasteiger partial charge on any atom is 0.239 e. The van der Waals surface area contributed by atoms with Gasteiger partial charge in [-0.1, -0.05) is 26.1 Å². The van der Waals surface area contributed by atoms with Gasteiger partial charge < -0.3 is 11.1 Å². The second-order valence-corrected chi connectivity index (χ2v) is 6.73. The molecule has 0 bridgehead atoms. The van der Waals surface area contributed by atoms with Crippen molar-refractivity contribution >= 4 is 39.6 Å². The third kappa shape index (κ3) is 2.72. The van der Waals surface area contributed by atoms with E-state index in [2.05, 4.69) is 10.3 Å². The lowest BCUT2D eigenvalue weighted by Gasteiger charge is -2.28. The van der Waals surface area contributed by atoms with Gasteiger partial charge in [0.1, 0.15) is 0 Å². The van der Waals surface area contributed by atoms with Gasteiger partial charge in [0, 0.05) is 4.88 Å². The van der Waals surface area contributed by atoms with E-state index in [-0.39, 0.29) is 10.9 Å². The molecule has 0 spiro atoms. The molecule has 20 heavy (non-hydrogen) atoms. The molecule has 1 aromatic heterocycles. The van der Waals surface area contributed by atoms with Crippen LogP contribution in [0.15, 0.2) is 0 Å². The van der Waals surface area contributed by atoms with Gasteiger partial charge in [-0.25, -0.2) is 4.98 Å². The quantitative estimate of drug-likeness (QED) is 0.820. The molecule has 0 saturated carbocycles. The minimum Gasteiger partial charge on any atom is -0.392 e. The van der Waals surface area contributed by atoms with Crippen molar-refractivity contribution in [1.82, 2.24) is 4.98 Å². The van der Waals surface area contributed by atoms with Crippen LogP contribution in [0.3, 0.4) is 0 Å². The highest BCUT2D eigenvalue weighted by Gasteiger charge is 2.38. The summed E-state index contributed by atoms with van der Waals surface area (Å²) >= 11 is 6.69. The van der Waals surface area contributed by atoms with Gasteiger partial charge in [0.25, 0.3) is 0 Å². The Morgan fingerprint density at radius 1 is 1.40 bits per heavy atom. The highest BCUT2D eigenvalue weighted by molar-refractivity contribution is 7.80. The van der Waals surface area contributed by atoms with Crippen molar-refractivity contribution in [2.24, 2.45) is 11.1 Å². The fraction of sp³-hybridized carbons (Fsp3) is 0.643. The molecule has 4 nitrogen and oxygen atoms in total. The fourth-order valence-electron chi connectivity index (χ4n) is 2.65. The van der Waals surface area contributed by atoms with Crippen LogP contribution in [-0.2, 0) is 17.6 Å². The van der Waals surface area contributed by atoms with Gasteiger partial charge in [-0.05, 0) is 38.5 Å². The first-order valence-corrected chi connectivity index (χ1v) is 8.36. The Morgan fingerprint density at radius 2 is 2.05 bits per heavy atom. The SMILES string of the molecule is CCC(CC)(C(=O)Nc1nc2c(s1)CCCC2)C(N)=S. The van der Waals surface area contributed by atoms with Gasteiger partial charge in [0.2, 0.25) is 5.91 Å². The third-order valence-electron chi connectivity index (χ3n) is 4.18. The Labute approximate surface area is 129 Å². The molecule has 0 fully saturated rings. The number of aromatic nitrogens is 1. The van der Waals surface area contributed by atoms with Gasteiger partial charge in [-0.2, -0.15) is 0 Å². The fourth-order valence-corrected chi connectivity index (χ4v) is 4.08. The standard InChI is InChI=1S/C14H21N3OS2/c1-3-14(4-2,11(15)19)12(18)17-13-16-9-7-5-6-8-10(9)20-13/h3-8H2,1-2H3,(H2,15,19)(H,16,17,18). The predicted octanol–water partition coefficient (Wildman–Crippen LogP) is 3.05. The number of carbonyl (C=O) groups excluding carboxylic acids is 1. The smallest absolute Gasteiger partial charge is 0.239 e. The van der Waals surface area contributed by atoms with Crippen LogP contribution in [0.25, 0.3) is 0 Å². The van der Waals surface area contributed by atoms with E-state index < -0.39 is 5.41 Å². The molecular weight excluding hydrogens is 290 g/mol. The largest absolute Gasteiger partial charge is 0.392 e. The van der Waals surface area contributed by atoms with Gasteiger partial charge in [-0.15, -0.1) is 11.3 Å². The Hall–Kier alpha value is -1.01. The summed E-state index contributed by atoms with van der Waals surface area (Å²) in [6.45, 7) is 3.88. The predicted molar refractivity (Wildman–Crippen MR) is 87.2 cm³/mol. The zero-order chi connectivity index (χ0) is 14.8. The van der Waals surface area contributed by atoms with E-state index in [1.807, 2.05) is 13.8 Å². The minimum atomic E-state index is -0.762. The lowest BCUT2D eigenvalue weighted by Crippen LogP contribution is -2.45. The van der Waals surface area contributed by atoms with E-state index in [1.54, 1.807) is 11.3 Å². The normalized spacial score (nSPS) is 14.7. The number of aryl methyl sites for hydroxylation is 2. The van der Waals surface area contributed by atoms with Crippen molar-refractivity contribution in [3.05, 3.63) is 10.6 Å². The molecule has 1 aliphatic rings. The van der Waals surface area contributed by atoms with Crippen molar-refractivity contribution in [1.29, 1.82) is 0 Å². The Balaban J connectivity index is 2.18. The molecule has 1 aromatic rings. The molecule has 110 valence electrons. The summed E-state index contributed by atoms with van der Waals surface area (Å²) in [5, 5.41) is 3.61. The summed E-state index contributed by atoms with van der Waals surface area (Å²) in [7, 11) is 0. The highest BCUT2D eigenvalue weighted by Crippen LogP contribution is 2.33. The van der Waals surface area contributed by atoms with E-state index in [9.17, 15) is 4.79 Å². The van der Waals surface area contributed by atoms with Crippen LogP contribution in [0.5, 0.6) is 0 Å². The van der Waals surface area contributed by atoms with Gasteiger partial charge in [-0.3, -0.25) is 4.79 Å². The number of anilines is 1. The number of hydrogen-bond donors (Lipinski definition) is 2. The topological polar surface area (TPSA) is 68.0 Å². The van der Waals surface area contributed by atoms with Crippen molar-refractivity contribution < 1.29 is 4.79 Å². The zero-order valence-corrected chi connectivity index (χ0v) is 13.6. The number of nitrogens with one attached hydrogen (secondary N) is 1. The number of fused-ring (bicyclic) bond motifs is 1. The monoisotopic (exact) mass is 311 g/mol. The van der Waals surface area contributed by atoms with E-state index in [0.29, 0.717) is 18.0 Å². The molecule has 0 aromatic carbocycles. The first-order chi connectivity index (χ1) is 9.53. The van der Waals surface area contributed by atoms with Gasteiger partial charge in [0.15, 0.2) is 5.13 Å². The van der Waals surface area contributed by atoms with Crippen molar-refractivity contribution in [3.8, 4) is 0 Å². The van der Waals surface area contributed by atoms with E-state index in [0.717, 1.165) is 18.5 Å². The van der Waals surface area contributed by atoms with E-state index >= 15 is 0 Å². The van der Waals surface area contributed by atoms with Crippen LogP contribution in [0.1, 0.15) is 50.1 Å². The number of nitrogens with zero attached hydrogens (tertiary/aromatic N) is 1. The molecule has 6 heteroatoms. The first kappa shape index (κ1) is 15.4. The van der Waals surface area contributed by atoms with Gasteiger partial charge in [0.05, 0.1) is 16.1 Å². The molecule has 3 N–H and O–H groups in total. The first-order valence-electron chi connectivity index (χ1n) is 7.13. The van der Waals surface area contributed by atoms with Gasteiger partial charge >= 0.3 is 0 Å². The Morgan fingerprint density at radius 3 is 2.60 bits per heavy atom. The van der Waals surface area contributed by atoms with Crippen LogP contribution in [0.2, 0.25) is 0 Å². The van der Waals surface area contributed by atoms with Crippen LogP contribution in [0, 0.1) is 5.41 Å². The molecule has 1 heterocycles. The number of nitrogens with two attached hydrogens (primary N) is 1. The molecule has 0 radical (unpaired) electrons. The molecule has 0 saturated heterocycles. The molecule has 0 aliphatic heterocycles. The average molecular weight is 311 g/mol. The van der Waals surface area contributed by atoms with E-state index in [4.69, 9.17) is 18.0 Å². The van der Waals surface area contributed by atoms with Crippen molar-refractivity contribution in [2.75, 3.05) is 5.32 Å². The lowest BCUT2D eigenvalue weighted by atomic mass is 9.81. The maximum atomic E-state index is 12.5. The number of hydrogen-bond acceptors (Lipinski definition) is 4. The van der Waals surface area contributed by atoms with Crippen LogP contribution in [-0.4, -0.2) is 15.9 Å². The van der Waals surface area contributed by atoms with Crippen LogP contribution < -0.4 is 11.1 Å². The summed E-state index contributed by atoms with van der Waals surface area (Å²) in [6, 6.07) is 0. The minimum absolute atomic E-state index is 0.124. The number of thiocarbonyl (C=S) groups is 1. The summed E-state index contributed by atoms with van der Waals surface area (Å²) < 4.78 is 0. The summed E-state index contributed by atoms with van der Waals surface area (Å²) in [4.78, 5) is 18.6. The molecular formula is C14H21N3OS2. The molecule has 1 aliphatic carbocycles. The van der Waals surface area contributed by atoms with E-state index in [1.165, 1.54) is 17.7 Å². The highest BCUT2D eigenvalue weighted by atomic mass is 32.1. The summed E-state index contributed by atoms with van der Waals surface area (Å²) in [5.41, 5.74) is 6.18. The Bertz CT molecular complexity index is 497. The average Bonchev–Trinajstić information content (AvgIpc) is 2.82. The number of amides is 1. The molecule has 1 amide bonds. The summed E-state index contributed by atoms with van der Waals surface area (Å²) in [6.07, 6.45) is 5.70. The number of thiazole rings is 1. The molecule has 0 atom stereocenters. The second-order valence-electron chi connectivity index (χ2n) is 5.20. The molecule has 0 unspecified atom stereocenters. The second kappa shape index (κ2) is 6.18. The number of carbonyl (C=O) groups is 1. The number of rotatable bonds is 5. The van der Waals surface area contributed by atoms with Crippen LogP contribution >= 0.6 is 23.6 Å². The van der Waals surface area contributed by atoms with Crippen molar-refractivity contribution in [3.63, 3.8) is 0 Å². The molecule has 2 rings (SSSR count). The third-order valence-corrected chi connectivity index (χ3v) is 5.64. The van der Waals surface area contributed by atoms with Crippen molar-refractivity contribution in [2.45, 2.75) is 52.4 Å². The Kier molecular flexibility index (Phi) is 4.75. The van der Waals surface area contributed by atoms with Crippen LogP contribution in [0.4, 0.5) is 5.13 Å². The summed E-state index contributed by atoms with van der Waals surface area (Å²) in [5.74, 6) is -0.124. The zero-order valence-electron chi connectivity index (χ0n) is 12.0. The maximum absolute atomic E-state index is 12.5. The lowest BCUT2D eigenvalue weighted by molar-refractivity contribution is -0.122.